The van der Waals surface area contributed by atoms with Gasteiger partial charge in [0.05, 0.1) is 5.01 Å². The topological polar surface area (TPSA) is 24.9 Å². The molecule has 0 aliphatic carbocycles. The molecule has 0 saturated heterocycles. The Kier molecular flexibility index (Phi) is 5.28. The van der Waals surface area contributed by atoms with Crippen LogP contribution in [0.2, 0.25) is 0 Å². The largest absolute Gasteiger partial charge is 0.311 e. The van der Waals surface area contributed by atoms with E-state index in [4.69, 9.17) is 0 Å². The molecule has 0 fully saturated rings. The molecule has 16 heavy (non-hydrogen) atoms. The van der Waals surface area contributed by atoms with Gasteiger partial charge in [-0.25, -0.2) is 4.98 Å². The van der Waals surface area contributed by atoms with E-state index in [-0.39, 0.29) is 5.41 Å². The van der Waals surface area contributed by atoms with E-state index >= 15 is 0 Å². The predicted octanol–water partition coefficient (Wildman–Crippen LogP) is 3.28. The molecule has 1 aromatic heterocycles. The molecular formula is C12H22N2S2. The summed E-state index contributed by atoms with van der Waals surface area (Å²) in [6.07, 6.45) is 4.15. The fourth-order valence-electron chi connectivity index (χ4n) is 1.22. The lowest BCUT2D eigenvalue weighted by molar-refractivity contribution is 0.585. The first-order valence-electron chi connectivity index (χ1n) is 5.62. The number of aromatic nitrogens is 1. The lowest BCUT2D eigenvalue weighted by atomic mass is 9.98. The Balaban J connectivity index is 2.41. The van der Waals surface area contributed by atoms with E-state index in [1.807, 2.05) is 29.3 Å². The second-order valence-electron chi connectivity index (χ2n) is 5.06. The molecule has 0 amide bonds. The second-order valence-corrected chi connectivity index (χ2v) is 7.45. The van der Waals surface area contributed by atoms with E-state index in [0.29, 0.717) is 5.25 Å². The van der Waals surface area contributed by atoms with Crippen molar-refractivity contribution in [2.24, 2.45) is 0 Å². The van der Waals surface area contributed by atoms with Crippen molar-refractivity contribution >= 4 is 23.1 Å². The van der Waals surface area contributed by atoms with Gasteiger partial charge < -0.3 is 5.32 Å². The van der Waals surface area contributed by atoms with Crippen molar-refractivity contribution in [2.45, 2.75) is 44.9 Å². The second kappa shape index (κ2) is 6.03. The first kappa shape index (κ1) is 14.0. The van der Waals surface area contributed by atoms with Gasteiger partial charge in [0.25, 0.3) is 0 Å². The summed E-state index contributed by atoms with van der Waals surface area (Å²) >= 11 is 3.71. The Labute approximate surface area is 107 Å². The Bertz CT molecular complexity index is 315. The van der Waals surface area contributed by atoms with Crippen LogP contribution in [0.1, 0.15) is 37.6 Å². The lowest BCUT2D eigenvalue weighted by Gasteiger charge is -2.13. The van der Waals surface area contributed by atoms with Gasteiger partial charge in [-0.1, -0.05) is 27.7 Å². The maximum absolute atomic E-state index is 4.48. The summed E-state index contributed by atoms with van der Waals surface area (Å²) in [6.45, 7) is 10.9. The minimum absolute atomic E-state index is 0.176. The van der Waals surface area contributed by atoms with Gasteiger partial charge in [-0.3, -0.25) is 0 Å². The zero-order valence-electron chi connectivity index (χ0n) is 10.8. The van der Waals surface area contributed by atoms with Gasteiger partial charge in [0.2, 0.25) is 0 Å². The van der Waals surface area contributed by atoms with Gasteiger partial charge >= 0.3 is 0 Å². The lowest BCUT2D eigenvalue weighted by Crippen LogP contribution is -2.21. The predicted molar refractivity (Wildman–Crippen MR) is 75.5 cm³/mol. The standard InChI is InChI=1S/C12H22N2S2/c1-9(15-5)6-13-7-10-8-14-11(16-10)12(2,3)4/h8-9,13H,6-7H2,1-5H3. The smallest absolute Gasteiger partial charge is 0.0981 e. The van der Waals surface area contributed by atoms with Crippen LogP contribution in [0, 0.1) is 0 Å². The third-order valence-corrected chi connectivity index (χ3v) is 4.72. The molecule has 1 atom stereocenters. The summed E-state index contributed by atoms with van der Waals surface area (Å²) in [5.41, 5.74) is 0.176. The number of hydrogen-bond donors (Lipinski definition) is 1. The molecule has 2 nitrogen and oxygen atoms in total. The summed E-state index contributed by atoms with van der Waals surface area (Å²) in [7, 11) is 0. The van der Waals surface area contributed by atoms with Gasteiger partial charge in [-0.15, -0.1) is 11.3 Å². The van der Waals surface area contributed by atoms with Gasteiger partial charge in [0.15, 0.2) is 0 Å². The first-order valence-corrected chi connectivity index (χ1v) is 7.72. The molecule has 0 saturated carbocycles. The van der Waals surface area contributed by atoms with Crippen LogP contribution in [0.15, 0.2) is 6.20 Å². The van der Waals surface area contributed by atoms with Crippen LogP contribution in [-0.2, 0) is 12.0 Å². The Hall–Kier alpha value is -0.0600. The molecule has 0 aliphatic rings. The molecule has 0 aliphatic heterocycles. The Morgan fingerprint density at radius 1 is 1.50 bits per heavy atom. The van der Waals surface area contributed by atoms with Crippen LogP contribution in [-0.4, -0.2) is 23.0 Å². The van der Waals surface area contributed by atoms with Crippen molar-refractivity contribution in [1.82, 2.24) is 10.3 Å². The minimum atomic E-state index is 0.176. The molecule has 1 N–H and O–H groups in total. The molecule has 1 unspecified atom stereocenters. The number of nitrogens with zero attached hydrogens (tertiary/aromatic N) is 1. The molecule has 0 spiro atoms. The van der Waals surface area contributed by atoms with Crippen LogP contribution in [0.4, 0.5) is 0 Å². The van der Waals surface area contributed by atoms with Gasteiger partial charge in [0, 0.05) is 34.8 Å². The fourth-order valence-corrected chi connectivity index (χ4v) is 2.44. The van der Waals surface area contributed by atoms with Crippen LogP contribution in [0.3, 0.4) is 0 Å². The molecular weight excluding hydrogens is 236 g/mol. The fraction of sp³-hybridized carbons (Fsp3) is 0.750. The zero-order valence-corrected chi connectivity index (χ0v) is 12.5. The summed E-state index contributed by atoms with van der Waals surface area (Å²) in [4.78, 5) is 5.81. The molecule has 0 bridgehead atoms. The highest BCUT2D eigenvalue weighted by Gasteiger charge is 2.17. The van der Waals surface area contributed by atoms with E-state index in [2.05, 4.69) is 44.3 Å². The molecule has 0 radical (unpaired) electrons. The van der Waals surface area contributed by atoms with E-state index in [1.54, 1.807) is 0 Å². The molecule has 1 aromatic rings. The normalized spacial score (nSPS) is 14.1. The quantitative estimate of drug-likeness (QED) is 0.877. The molecule has 1 heterocycles. The van der Waals surface area contributed by atoms with Crippen molar-refractivity contribution in [3.8, 4) is 0 Å². The van der Waals surface area contributed by atoms with Crippen molar-refractivity contribution in [3.63, 3.8) is 0 Å². The molecule has 1 rings (SSSR count). The van der Waals surface area contributed by atoms with Crippen LogP contribution in [0.5, 0.6) is 0 Å². The van der Waals surface area contributed by atoms with E-state index in [1.165, 1.54) is 9.88 Å². The Morgan fingerprint density at radius 3 is 2.69 bits per heavy atom. The number of nitrogens with one attached hydrogen (secondary N) is 1. The van der Waals surface area contributed by atoms with Crippen LogP contribution in [0.25, 0.3) is 0 Å². The van der Waals surface area contributed by atoms with Gasteiger partial charge in [0.1, 0.15) is 0 Å². The van der Waals surface area contributed by atoms with Crippen LogP contribution >= 0.6 is 23.1 Å². The maximum atomic E-state index is 4.48. The highest BCUT2D eigenvalue weighted by Crippen LogP contribution is 2.26. The monoisotopic (exact) mass is 258 g/mol. The molecule has 0 aromatic carbocycles. The minimum Gasteiger partial charge on any atom is -0.311 e. The highest BCUT2D eigenvalue weighted by atomic mass is 32.2. The average molecular weight is 258 g/mol. The number of thiazole rings is 1. The first-order chi connectivity index (χ1) is 7.43. The van der Waals surface area contributed by atoms with Crippen molar-refractivity contribution in [1.29, 1.82) is 0 Å². The van der Waals surface area contributed by atoms with Gasteiger partial charge in [-0.05, 0) is 6.26 Å². The third kappa shape index (κ3) is 4.44. The summed E-state index contributed by atoms with van der Waals surface area (Å²) in [5.74, 6) is 0. The molecule has 4 heteroatoms. The number of hydrogen-bond acceptors (Lipinski definition) is 4. The third-order valence-electron chi connectivity index (χ3n) is 2.33. The van der Waals surface area contributed by atoms with Crippen molar-refractivity contribution < 1.29 is 0 Å². The summed E-state index contributed by atoms with van der Waals surface area (Å²) < 4.78 is 0. The van der Waals surface area contributed by atoms with Gasteiger partial charge in [-0.2, -0.15) is 11.8 Å². The van der Waals surface area contributed by atoms with Crippen molar-refractivity contribution in [2.75, 3.05) is 12.8 Å². The Morgan fingerprint density at radius 2 is 2.19 bits per heavy atom. The van der Waals surface area contributed by atoms with Crippen molar-refractivity contribution in [3.05, 3.63) is 16.1 Å². The van der Waals surface area contributed by atoms with E-state index in [9.17, 15) is 0 Å². The number of thioether (sulfide) groups is 1. The highest BCUT2D eigenvalue weighted by molar-refractivity contribution is 7.99. The summed E-state index contributed by atoms with van der Waals surface area (Å²) in [6, 6.07) is 0. The van der Waals surface area contributed by atoms with E-state index < -0.39 is 0 Å². The maximum Gasteiger partial charge on any atom is 0.0981 e. The zero-order chi connectivity index (χ0) is 12.2. The SMILES string of the molecule is CSC(C)CNCc1cnc(C(C)(C)C)s1. The molecule has 92 valence electrons. The summed E-state index contributed by atoms with van der Waals surface area (Å²) in [5, 5.41) is 5.37. The average Bonchev–Trinajstić information content (AvgIpc) is 2.65. The van der Waals surface area contributed by atoms with Crippen LogP contribution < -0.4 is 5.32 Å². The number of rotatable bonds is 5. The van der Waals surface area contributed by atoms with E-state index in [0.717, 1.165) is 13.1 Å².